The SMILES string of the molecule is CC1CCCC1CNS(=O)(=O)c1ccc(CC(=O)O)cc1. The molecule has 6 heteroatoms. The largest absolute Gasteiger partial charge is 0.481 e. The molecule has 0 aliphatic heterocycles. The third-order valence-corrected chi connectivity index (χ3v) is 5.60. The highest BCUT2D eigenvalue weighted by atomic mass is 32.2. The Hall–Kier alpha value is -1.40. The molecule has 2 N–H and O–H groups in total. The fourth-order valence-electron chi connectivity index (χ4n) is 2.79. The van der Waals surface area contributed by atoms with E-state index in [1.54, 1.807) is 12.1 Å². The molecule has 1 aromatic carbocycles. The first-order valence-corrected chi connectivity index (χ1v) is 8.67. The van der Waals surface area contributed by atoms with Gasteiger partial charge in [0.15, 0.2) is 0 Å². The van der Waals surface area contributed by atoms with Crippen LogP contribution in [0.4, 0.5) is 0 Å². The predicted molar refractivity (Wildman–Crippen MR) is 79.5 cm³/mol. The molecule has 0 radical (unpaired) electrons. The van der Waals surface area contributed by atoms with Crippen LogP contribution >= 0.6 is 0 Å². The van der Waals surface area contributed by atoms with E-state index in [4.69, 9.17) is 5.11 Å². The Labute approximate surface area is 125 Å². The summed E-state index contributed by atoms with van der Waals surface area (Å²) in [6, 6.07) is 6.00. The van der Waals surface area contributed by atoms with Crippen LogP contribution in [0.15, 0.2) is 29.2 Å². The summed E-state index contributed by atoms with van der Waals surface area (Å²) < 4.78 is 27.1. The number of rotatable bonds is 6. The number of nitrogens with one attached hydrogen (secondary N) is 1. The van der Waals surface area contributed by atoms with Crippen molar-refractivity contribution in [2.24, 2.45) is 11.8 Å². The maximum Gasteiger partial charge on any atom is 0.307 e. The van der Waals surface area contributed by atoms with E-state index in [2.05, 4.69) is 11.6 Å². The number of carbonyl (C=O) groups is 1. The van der Waals surface area contributed by atoms with Gasteiger partial charge < -0.3 is 5.11 Å². The first kappa shape index (κ1) is 16.0. The lowest BCUT2D eigenvalue weighted by atomic mass is 9.99. The maximum absolute atomic E-state index is 12.2. The Bertz CT molecular complexity index is 595. The Kier molecular flexibility index (Phi) is 5.00. The molecule has 1 fully saturated rings. The van der Waals surface area contributed by atoms with E-state index in [1.165, 1.54) is 12.1 Å². The van der Waals surface area contributed by atoms with Crippen LogP contribution in [0, 0.1) is 11.8 Å². The highest BCUT2D eigenvalue weighted by Crippen LogP contribution is 2.30. The molecule has 2 unspecified atom stereocenters. The summed E-state index contributed by atoms with van der Waals surface area (Å²) in [6.45, 7) is 2.63. The van der Waals surface area contributed by atoms with Crippen LogP contribution in [0.5, 0.6) is 0 Å². The minimum Gasteiger partial charge on any atom is -0.481 e. The van der Waals surface area contributed by atoms with Crippen molar-refractivity contribution in [3.8, 4) is 0 Å². The van der Waals surface area contributed by atoms with Crippen LogP contribution in [-0.2, 0) is 21.2 Å². The third-order valence-electron chi connectivity index (χ3n) is 4.16. The fourth-order valence-corrected chi connectivity index (χ4v) is 3.88. The quantitative estimate of drug-likeness (QED) is 0.842. The summed E-state index contributed by atoms with van der Waals surface area (Å²) in [5.74, 6) is 0.0376. The Morgan fingerprint density at radius 1 is 1.29 bits per heavy atom. The second-order valence-electron chi connectivity index (χ2n) is 5.73. The van der Waals surface area contributed by atoms with Gasteiger partial charge in [-0.15, -0.1) is 0 Å². The Balaban J connectivity index is 2.00. The summed E-state index contributed by atoms with van der Waals surface area (Å²) in [5, 5.41) is 8.70. The molecule has 5 nitrogen and oxygen atoms in total. The molecule has 1 aromatic rings. The number of carboxylic acids is 1. The smallest absolute Gasteiger partial charge is 0.307 e. The van der Waals surface area contributed by atoms with Gasteiger partial charge in [-0.2, -0.15) is 0 Å². The molecule has 2 rings (SSSR count). The van der Waals surface area contributed by atoms with Crippen molar-refractivity contribution >= 4 is 16.0 Å². The van der Waals surface area contributed by atoms with Gasteiger partial charge in [0.2, 0.25) is 10.0 Å². The Morgan fingerprint density at radius 3 is 2.48 bits per heavy atom. The molecule has 116 valence electrons. The van der Waals surface area contributed by atoms with E-state index in [0.29, 0.717) is 23.9 Å². The van der Waals surface area contributed by atoms with Crippen molar-refractivity contribution in [3.63, 3.8) is 0 Å². The summed E-state index contributed by atoms with van der Waals surface area (Å²) in [6.07, 6.45) is 3.29. The normalized spacial score (nSPS) is 22.3. The van der Waals surface area contributed by atoms with Crippen LogP contribution in [0.3, 0.4) is 0 Å². The monoisotopic (exact) mass is 311 g/mol. The van der Waals surface area contributed by atoms with E-state index in [0.717, 1.165) is 19.3 Å². The number of hydrogen-bond acceptors (Lipinski definition) is 3. The van der Waals surface area contributed by atoms with E-state index in [-0.39, 0.29) is 11.3 Å². The lowest BCUT2D eigenvalue weighted by Crippen LogP contribution is -2.30. The zero-order chi connectivity index (χ0) is 15.5. The van der Waals surface area contributed by atoms with Crippen LogP contribution in [-0.4, -0.2) is 26.0 Å². The lowest BCUT2D eigenvalue weighted by Gasteiger charge is -2.16. The highest BCUT2D eigenvalue weighted by molar-refractivity contribution is 7.89. The summed E-state index contributed by atoms with van der Waals surface area (Å²) >= 11 is 0. The topological polar surface area (TPSA) is 83.5 Å². The predicted octanol–water partition coefficient (Wildman–Crippen LogP) is 2.03. The van der Waals surface area contributed by atoms with Gasteiger partial charge in [0.1, 0.15) is 0 Å². The second kappa shape index (κ2) is 6.58. The zero-order valence-corrected chi connectivity index (χ0v) is 12.9. The average Bonchev–Trinajstić information content (AvgIpc) is 2.82. The standard InChI is InChI=1S/C15H21NO4S/c1-11-3-2-4-13(11)10-16-21(19,20)14-7-5-12(6-8-14)9-15(17)18/h5-8,11,13,16H,2-4,9-10H2,1H3,(H,17,18). The number of sulfonamides is 1. The zero-order valence-electron chi connectivity index (χ0n) is 12.1. The van der Waals surface area contributed by atoms with Crippen molar-refractivity contribution in [2.75, 3.05) is 6.54 Å². The van der Waals surface area contributed by atoms with E-state index in [1.807, 2.05) is 0 Å². The molecule has 0 spiro atoms. The molecule has 0 amide bonds. The molecule has 2 atom stereocenters. The molecule has 21 heavy (non-hydrogen) atoms. The molecular formula is C15H21NO4S. The van der Waals surface area contributed by atoms with Crippen LogP contribution in [0.25, 0.3) is 0 Å². The fraction of sp³-hybridized carbons (Fsp3) is 0.533. The van der Waals surface area contributed by atoms with Gasteiger partial charge in [-0.1, -0.05) is 31.9 Å². The van der Waals surface area contributed by atoms with Crippen molar-refractivity contribution in [2.45, 2.75) is 37.5 Å². The number of benzene rings is 1. The third kappa shape index (κ3) is 4.28. The summed E-state index contributed by atoms with van der Waals surface area (Å²) in [5.41, 5.74) is 0.589. The second-order valence-corrected chi connectivity index (χ2v) is 7.50. The highest BCUT2D eigenvalue weighted by Gasteiger charge is 2.25. The molecule has 1 saturated carbocycles. The maximum atomic E-state index is 12.2. The van der Waals surface area contributed by atoms with Crippen LogP contribution in [0.2, 0.25) is 0 Å². The van der Waals surface area contributed by atoms with Gasteiger partial charge in [0.05, 0.1) is 11.3 Å². The molecule has 0 aromatic heterocycles. The van der Waals surface area contributed by atoms with Crippen LogP contribution < -0.4 is 4.72 Å². The molecule has 1 aliphatic carbocycles. The molecule has 1 aliphatic rings. The van der Waals surface area contributed by atoms with Crippen molar-refractivity contribution in [1.29, 1.82) is 0 Å². The number of aliphatic carboxylic acids is 1. The molecular weight excluding hydrogens is 290 g/mol. The minimum atomic E-state index is -3.51. The first-order chi connectivity index (χ1) is 9.88. The molecule has 0 heterocycles. The number of carboxylic acid groups (broad SMARTS) is 1. The molecule has 0 saturated heterocycles. The number of hydrogen-bond donors (Lipinski definition) is 2. The Morgan fingerprint density at radius 2 is 1.95 bits per heavy atom. The van der Waals surface area contributed by atoms with Crippen molar-refractivity contribution in [1.82, 2.24) is 4.72 Å². The van der Waals surface area contributed by atoms with Crippen molar-refractivity contribution in [3.05, 3.63) is 29.8 Å². The van der Waals surface area contributed by atoms with Gasteiger partial charge in [0.25, 0.3) is 0 Å². The van der Waals surface area contributed by atoms with Gasteiger partial charge in [-0.25, -0.2) is 13.1 Å². The van der Waals surface area contributed by atoms with Gasteiger partial charge in [-0.3, -0.25) is 4.79 Å². The van der Waals surface area contributed by atoms with Crippen LogP contribution in [0.1, 0.15) is 31.7 Å². The van der Waals surface area contributed by atoms with Gasteiger partial charge >= 0.3 is 5.97 Å². The van der Waals surface area contributed by atoms with E-state index < -0.39 is 16.0 Å². The van der Waals surface area contributed by atoms with Gasteiger partial charge in [-0.05, 0) is 36.0 Å². The van der Waals surface area contributed by atoms with E-state index >= 15 is 0 Å². The average molecular weight is 311 g/mol. The first-order valence-electron chi connectivity index (χ1n) is 7.19. The van der Waals surface area contributed by atoms with Gasteiger partial charge in [0, 0.05) is 6.54 Å². The van der Waals surface area contributed by atoms with Crippen molar-refractivity contribution < 1.29 is 18.3 Å². The summed E-state index contributed by atoms with van der Waals surface area (Å²) in [4.78, 5) is 10.8. The van der Waals surface area contributed by atoms with E-state index in [9.17, 15) is 13.2 Å². The molecule has 0 bridgehead atoms. The minimum absolute atomic E-state index is 0.104. The lowest BCUT2D eigenvalue weighted by molar-refractivity contribution is -0.136. The summed E-state index contributed by atoms with van der Waals surface area (Å²) in [7, 11) is -3.51.